The van der Waals surface area contributed by atoms with E-state index in [9.17, 15) is 4.79 Å². The van der Waals surface area contributed by atoms with Gasteiger partial charge in [0.05, 0.1) is 6.04 Å². The molecule has 0 N–H and O–H groups in total. The summed E-state index contributed by atoms with van der Waals surface area (Å²) in [5, 5.41) is 0. The number of hydrogen-bond acceptors (Lipinski definition) is 4. The highest BCUT2D eigenvalue weighted by Gasteiger charge is 2.39. The lowest BCUT2D eigenvalue weighted by molar-refractivity contribution is -0.142. The van der Waals surface area contributed by atoms with Crippen LogP contribution >= 0.6 is 0 Å². The van der Waals surface area contributed by atoms with Gasteiger partial charge in [0, 0.05) is 37.9 Å². The molecule has 166 valence electrons. The number of piperidine rings is 3. The number of hydrogen-bond donors (Lipinski definition) is 0. The Balaban J connectivity index is 1.35. The highest BCUT2D eigenvalue weighted by molar-refractivity contribution is 5.82. The van der Waals surface area contributed by atoms with Crippen molar-refractivity contribution in [3.8, 4) is 0 Å². The first-order valence-corrected chi connectivity index (χ1v) is 12.0. The number of aryl methyl sites for hydroxylation is 2. The Morgan fingerprint density at radius 1 is 1.03 bits per heavy atom. The third-order valence-electron chi connectivity index (χ3n) is 7.28. The van der Waals surface area contributed by atoms with Gasteiger partial charge in [-0.3, -0.25) is 19.7 Å². The van der Waals surface area contributed by atoms with Gasteiger partial charge < -0.3 is 4.90 Å². The molecule has 0 aromatic carbocycles. The molecule has 5 nitrogen and oxygen atoms in total. The van der Waals surface area contributed by atoms with Gasteiger partial charge in [0.25, 0.3) is 0 Å². The number of nitrogens with zero attached hydrogens (tertiary/aromatic N) is 4. The van der Waals surface area contributed by atoms with Crippen LogP contribution in [0.2, 0.25) is 0 Å². The molecule has 5 rings (SSSR count). The van der Waals surface area contributed by atoms with Gasteiger partial charge in [0.1, 0.15) is 0 Å². The van der Waals surface area contributed by atoms with Crippen LogP contribution in [0.3, 0.4) is 0 Å². The quantitative estimate of drug-likeness (QED) is 0.580. The summed E-state index contributed by atoms with van der Waals surface area (Å²) in [6.45, 7) is 2.20. The molecule has 5 heterocycles. The van der Waals surface area contributed by atoms with Crippen LogP contribution < -0.4 is 0 Å². The van der Waals surface area contributed by atoms with E-state index < -0.39 is 0 Å². The van der Waals surface area contributed by atoms with E-state index in [4.69, 9.17) is 0 Å². The first-order valence-electron chi connectivity index (χ1n) is 12.0. The van der Waals surface area contributed by atoms with Gasteiger partial charge in [0.2, 0.25) is 5.91 Å². The van der Waals surface area contributed by atoms with Gasteiger partial charge in [-0.15, -0.1) is 0 Å². The SMILES string of the molecule is CN(C(=O)C1CC2CCN1CC2)C(CCCc1cccnc1)CCCc1cccnc1. The molecule has 31 heavy (non-hydrogen) atoms. The summed E-state index contributed by atoms with van der Waals surface area (Å²) in [7, 11) is 2.05. The van der Waals surface area contributed by atoms with E-state index in [1.54, 1.807) is 0 Å². The van der Waals surface area contributed by atoms with Gasteiger partial charge in [-0.2, -0.15) is 0 Å². The minimum Gasteiger partial charge on any atom is -0.341 e. The summed E-state index contributed by atoms with van der Waals surface area (Å²) < 4.78 is 0. The van der Waals surface area contributed by atoms with Crippen molar-refractivity contribution in [3.63, 3.8) is 0 Å². The van der Waals surface area contributed by atoms with Crippen LogP contribution in [0.25, 0.3) is 0 Å². The first kappa shape index (κ1) is 21.9. The summed E-state index contributed by atoms with van der Waals surface area (Å²) in [5.41, 5.74) is 2.56. The van der Waals surface area contributed by atoms with Crippen molar-refractivity contribution in [2.24, 2.45) is 5.92 Å². The van der Waals surface area contributed by atoms with Crippen molar-refractivity contribution in [1.29, 1.82) is 0 Å². The van der Waals surface area contributed by atoms with Crippen LogP contribution in [0.15, 0.2) is 49.1 Å². The smallest absolute Gasteiger partial charge is 0.239 e. The molecule has 0 radical (unpaired) electrons. The second-order valence-electron chi connectivity index (χ2n) is 9.34. The van der Waals surface area contributed by atoms with Crippen LogP contribution in [0.5, 0.6) is 0 Å². The second-order valence-corrected chi connectivity index (χ2v) is 9.34. The zero-order chi connectivity index (χ0) is 21.5. The number of fused-ring (bicyclic) bond motifs is 3. The molecule has 2 aromatic rings. The standard InChI is InChI=1S/C26H36N4O/c1-29(26(31)25-18-21-12-16-30(25)17-13-21)24(10-2-6-22-8-4-14-27-19-22)11-3-7-23-9-5-15-28-20-23/h4-5,8-9,14-15,19-21,24-25H,2-3,6-7,10-13,16-18H2,1H3. The lowest BCUT2D eigenvalue weighted by Crippen LogP contribution is -2.57. The number of pyridine rings is 2. The molecule has 3 saturated heterocycles. The average Bonchev–Trinajstić information content (AvgIpc) is 2.84. The van der Waals surface area contributed by atoms with Crippen molar-refractivity contribution in [3.05, 3.63) is 60.2 Å². The fraction of sp³-hybridized carbons (Fsp3) is 0.577. The summed E-state index contributed by atoms with van der Waals surface area (Å²) in [4.78, 5) is 26.5. The topological polar surface area (TPSA) is 49.3 Å². The molecule has 2 aromatic heterocycles. The fourth-order valence-electron chi connectivity index (χ4n) is 5.34. The van der Waals surface area contributed by atoms with Crippen molar-refractivity contribution in [1.82, 2.24) is 19.8 Å². The molecule has 3 aliphatic heterocycles. The Kier molecular flexibility index (Phi) is 7.68. The zero-order valence-electron chi connectivity index (χ0n) is 18.8. The number of aromatic nitrogens is 2. The van der Waals surface area contributed by atoms with Crippen LogP contribution in [0, 0.1) is 5.92 Å². The van der Waals surface area contributed by atoms with E-state index in [0.29, 0.717) is 11.9 Å². The molecule has 1 unspecified atom stereocenters. The first-order chi connectivity index (χ1) is 15.2. The summed E-state index contributed by atoms with van der Waals surface area (Å²) in [6.07, 6.45) is 17.4. The molecular weight excluding hydrogens is 384 g/mol. The van der Waals surface area contributed by atoms with Crippen molar-refractivity contribution >= 4 is 5.91 Å². The molecule has 3 aliphatic rings. The van der Waals surface area contributed by atoms with Crippen molar-refractivity contribution in [2.75, 3.05) is 20.1 Å². The predicted molar refractivity (Wildman–Crippen MR) is 124 cm³/mol. The fourth-order valence-corrected chi connectivity index (χ4v) is 5.34. The normalized spacial score (nSPS) is 22.6. The maximum absolute atomic E-state index is 13.5. The van der Waals surface area contributed by atoms with Crippen molar-refractivity contribution in [2.45, 2.75) is 69.9 Å². The Hall–Kier alpha value is -2.27. The van der Waals surface area contributed by atoms with Crippen molar-refractivity contribution < 1.29 is 4.79 Å². The van der Waals surface area contributed by atoms with E-state index in [0.717, 1.165) is 64.0 Å². The van der Waals surface area contributed by atoms with Crippen LogP contribution in [0.4, 0.5) is 0 Å². The Morgan fingerprint density at radius 2 is 1.61 bits per heavy atom. The monoisotopic (exact) mass is 420 g/mol. The molecule has 1 atom stereocenters. The number of carbonyl (C=O) groups excluding carboxylic acids is 1. The Labute approximate surface area is 186 Å². The zero-order valence-corrected chi connectivity index (χ0v) is 18.8. The largest absolute Gasteiger partial charge is 0.341 e. The molecule has 0 saturated carbocycles. The molecule has 5 heteroatoms. The van der Waals surface area contributed by atoms with Crippen LogP contribution in [-0.2, 0) is 17.6 Å². The average molecular weight is 421 g/mol. The highest BCUT2D eigenvalue weighted by atomic mass is 16.2. The molecule has 2 bridgehead atoms. The van der Waals surface area contributed by atoms with E-state index in [1.807, 2.05) is 44.0 Å². The molecular formula is C26H36N4O. The molecule has 3 fully saturated rings. The third kappa shape index (κ3) is 5.91. The van der Waals surface area contributed by atoms with E-state index >= 15 is 0 Å². The van der Waals surface area contributed by atoms with Crippen LogP contribution in [-0.4, -0.2) is 57.9 Å². The maximum atomic E-state index is 13.5. The molecule has 1 amide bonds. The third-order valence-corrected chi connectivity index (χ3v) is 7.28. The number of amides is 1. The second kappa shape index (κ2) is 10.9. The summed E-state index contributed by atoms with van der Waals surface area (Å²) in [6, 6.07) is 8.70. The van der Waals surface area contributed by atoms with E-state index in [2.05, 4.69) is 31.9 Å². The highest BCUT2D eigenvalue weighted by Crippen LogP contribution is 2.33. The Morgan fingerprint density at radius 3 is 2.06 bits per heavy atom. The lowest BCUT2D eigenvalue weighted by Gasteiger charge is -2.46. The van der Waals surface area contributed by atoms with Gasteiger partial charge in [-0.05, 0) is 100 Å². The minimum absolute atomic E-state index is 0.108. The minimum atomic E-state index is 0.108. The van der Waals surface area contributed by atoms with Gasteiger partial charge in [-0.25, -0.2) is 0 Å². The van der Waals surface area contributed by atoms with Gasteiger partial charge >= 0.3 is 0 Å². The number of likely N-dealkylation sites (N-methyl/N-ethyl adjacent to an activating group) is 1. The molecule has 0 spiro atoms. The van der Waals surface area contributed by atoms with Crippen LogP contribution in [0.1, 0.15) is 56.1 Å². The predicted octanol–water partition coefficient (Wildman–Crippen LogP) is 4.13. The summed E-state index contributed by atoms with van der Waals surface area (Å²) >= 11 is 0. The van der Waals surface area contributed by atoms with Gasteiger partial charge in [0.15, 0.2) is 0 Å². The van der Waals surface area contributed by atoms with E-state index in [1.165, 1.54) is 24.0 Å². The summed E-state index contributed by atoms with van der Waals surface area (Å²) in [5.74, 6) is 1.10. The molecule has 0 aliphatic carbocycles. The maximum Gasteiger partial charge on any atom is 0.239 e. The van der Waals surface area contributed by atoms with E-state index in [-0.39, 0.29) is 6.04 Å². The number of rotatable bonds is 10. The Bertz CT molecular complexity index is 759. The lowest BCUT2D eigenvalue weighted by atomic mass is 9.82. The van der Waals surface area contributed by atoms with Gasteiger partial charge in [-0.1, -0.05) is 12.1 Å². The number of carbonyl (C=O) groups is 1.